The number of nitrogens with zero attached hydrogens (tertiary/aromatic N) is 2. The zero-order chi connectivity index (χ0) is 13.0. The Bertz CT molecular complexity index is 523. The number of aromatic nitrogens is 2. The average Bonchev–Trinajstić information content (AvgIpc) is 2.39. The molecule has 0 aliphatic heterocycles. The Kier molecular flexibility index (Phi) is 4.05. The highest BCUT2D eigenvalue weighted by molar-refractivity contribution is 5.59. The molecule has 2 N–H and O–H groups in total. The van der Waals surface area contributed by atoms with Gasteiger partial charge in [0.2, 0.25) is 0 Å². The first-order valence-electron chi connectivity index (χ1n) is 6.30. The van der Waals surface area contributed by atoms with Crippen LogP contribution in [0.5, 0.6) is 0 Å². The third kappa shape index (κ3) is 2.93. The second-order valence-corrected chi connectivity index (χ2v) is 4.65. The van der Waals surface area contributed by atoms with Gasteiger partial charge in [-0.15, -0.1) is 0 Å². The maximum Gasteiger partial charge on any atom is 0.131 e. The van der Waals surface area contributed by atoms with E-state index >= 15 is 0 Å². The molecule has 0 fully saturated rings. The van der Waals surface area contributed by atoms with Crippen LogP contribution in [0.1, 0.15) is 30.7 Å². The first kappa shape index (κ1) is 12.7. The Morgan fingerprint density at radius 2 is 2.11 bits per heavy atom. The van der Waals surface area contributed by atoms with Crippen LogP contribution in [-0.2, 0) is 0 Å². The summed E-state index contributed by atoms with van der Waals surface area (Å²) in [7, 11) is 0. The van der Waals surface area contributed by atoms with Gasteiger partial charge in [0.25, 0.3) is 0 Å². The van der Waals surface area contributed by atoms with Crippen molar-refractivity contribution in [1.82, 2.24) is 9.97 Å². The largest absolute Gasteiger partial charge is 0.330 e. The number of hydrogen-bond acceptors (Lipinski definition) is 3. The number of rotatable bonds is 4. The summed E-state index contributed by atoms with van der Waals surface area (Å²) >= 11 is 0. The zero-order valence-corrected chi connectivity index (χ0v) is 10.9. The third-order valence-corrected chi connectivity index (χ3v) is 3.03. The molecule has 2 aromatic rings. The van der Waals surface area contributed by atoms with Crippen LogP contribution in [0.2, 0.25) is 0 Å². The van der Waals surface area contributed by atoms with Gasteiger partial charge in [-0.2, -0.15) is 0 Å². The van der Waals surface area contributed by atoms with E-state index in [0.717, 1.165) is 23.5 Å². The molecule has 1 heterocycles. The van der Waals surface area contributed by atoms with Crippen molar-refractivity contribution in [3.8, 4) is 11.3 Å². The smallest absolute Gasteiger partial charge is 0.131 e. The summed E-state index contributed by atoms with van der Waals surface area (Å²) in [5.74, 6) is 1.18. The van der Waals surface area contributed by atoms with Gasteiger partial charge in [0, 0.05) is 17.7 Å². The van der Waals surface area contributed by atoms with Crippen LogP contribution in [0, 0.1) is 6.92 Å². The first-order valence-corrected chi connectivity index (χ1v) is 6.30. The van der Waals surface area contributed by atoms with Crippen molar-refractivity contribution in [3.05, 3.63) is 47.9 Å². The molecule has 0 radical (unpaired) electrons. The highest BCUT2D eigenvalue weighted by Gasteiger charge is 2.09. The van der Waals surface area contributed by atoms with Crippen molar-refractivity contribution < 1.29 is 0 Å². The van der Waals surface area contributed by atoms with Gasteiger partial charge < -0.3 is 5.73 Å². The quantitative estimate of drug-likeness (QED) is 0.895. The molecule has 3 nitrogen and oxygen atoms in total. The van der Waals surface area contributed by atoms with E-state index in [1.807, 2.05) is 12.3 Å². The van der Waals surface area contributed by atoms with Crippen LogP contribution in [-0.4, -0.2) is 16.5 Å². The number of hydrogen-bond donors (Lipinski definition) is 1. The molecule has 0 aliphatic rings. The fourth-order valence-corrected chi connectivity index (χ4v) is 1.96. The Morgan fingerprint density at radius 3 is 2.83 bits per heavy atom. The minimum atomic E-state index is 0.305. The Morgan fingerprint density at radius 1 is 1.28 bits per heavy atom. The van der Waals surface area contributed by atoms with Gasteiger partial charge >= 0.3 is 0 Å². The minimum absolute atomic E-state index is 0.305. The lowest BCUT2D eigenvalue weighted by molar-refractivity contribution is 0.647. The Hall–Kier alpha value is -1.74. The first-order chi connectivity index (χ1) is 8.70. The predicted molar refractivity (Wildman–Crippen MR) is 74.3 cm³/mol. The molecule has 1 unspecified atom stereocenters. The van der Waals surface area contributed by atoms with E-state index in [0.29, 0.717) is 12.5 Å². The summed E-state index contributed by atoms with van der Waals surface area (Å²) in [6.45, 7) is 4.87. The van der Waals surface area contributed by atoms with E-state index in [-0.39, 0.29) is 0 Å². The number of benzene rings is 1. The molecule has 0 amide bonds. The molecule has 0 saturated heterocycles. The van der Waals surface area contributed by atoms with E-state index in [1.165, 1.54) is 5.56 Å². The van der Waals surface area contributed by atoms with Gasteiger partial charge in [0.05, 0.1) is 5.69 Å². The summed E-state index contributed by atoms with van der Waals surface area (Å²) in [5, 5.41) is 0. The Balaban J connectivity index is 2.32. The van der Waals surface area contributed by atoms with E-state index in [9.17, 15) is 0 Å². The summed E-state index contributed by atoms with van der Waals surface area (Å²) < 4.78 is 0. The lowest BCUT2D eigenvalue weighted by Gasteiger charge is -2.10. The van der Waals surface area contributed by atoms with Gasteiger partial charge in [-0.1, -0.05) is 30.7 Å². The average molecular weight is 241 g/mol. The van der Waals surface area contributed by atoms with Crippen LogP contribution in [0.4, 0.5) is 0 Å². The zero-order valence-electron chi connectivity index (χ0n) is 10.9. The van der Waals surface area contributed by atoms with Gasteiger partial charge in [0.1, 0.15) is 5.82 Å². The Labute approximate surface area is 108 Å². The summed E-state index contributed by atoms with van der Waals surface area (Å²) in [5.41, 5.74) is 8.94. The molecule has 0 saturated carbocycles. The molecular formula is C15H19N3. The molecule has 3 heteroatoms. The van der Waals surface area contributed by atoms with Crippen molar-refractivity contribution in [3.63, 3.8) is 0 Å². The second-order valence-electron chi connectivity index (χ2n) is 4.65. The molecule has 2 rings (SSSR count). The van der Waals surface area contributed by atoms with E-state index in [4.69, 9.17) is 5.73 Å². The van der Waals surface area contributed by atoms with E-state index in [2.05, 4.69) is 48.1 Å². The van der Waals surface area contributed by atoms with Gasteiger partial charge in [0.15, 0.2) is 0 Å². The van der Waals surface area contributed by atoms with Gasteiger partial charge in [-0.25, -0.2) is 9.97 Å². The van der Waals surface area contributed by atoms with Crippen molar-refractivity contribution >= 4 is 0 Å². The normalized spacial score (nSPS) is 12.4. The maximum absolute atomic E-state index is 5.58. The molecule has 1 aromatic heterocycles. The number of aryl methyl sites for hydroxylation is 1. The van der Waals surface area contributed by atoms with E-state index < -0.39 is 0 Å². The van der Waals surface area contributed by atoms with Crippen LogP contribution in [0.25, 0.3) is 11.3 Å². The molecule has 0 aliphatic carbocycles. The van der Waals surface area contributed by atoms with Gasteiger partial charge in [-0.3, -0.25) is 0 Å². The number of nitrogens with two attached hydrogens (primary N) is 1. The summed E-state index contributed by atoms with van der Waals surface area (Å²) in [4.78, 5) is 8.98. The van der Waals surface area contributed by atoms with Crippen LogP contribution in [0.3, 0.4) is 0 Å². The lowest BCUT2D eigenvalue weighted by atomic mass is 10.1. The van der Waals surface area contributed by atoms with Crippen molar-refractivity contribution in [2.75, 3.05) is 6.54 Å². The molecular weight excluding hydrogens is 222 g/mol. The lowest BCUT2D eigenvalue weighted by Crippen LogP contribution is -2.08. The molecule has 18 heavy (non-hydrogen) atoms. The van der Waals surface area contributed by atoms with Crippen molar-refractivity contribution in [2.24, 2.45) is 5.73 Å². The summed E-state index contributed by atoms with van der Waals surface area (Å²) in [6.07, 6.45) is 2.74. The van der Waals surface area contributed by atoms with Crippen molar-refractivity contribution in [2.45, 2.75) is 26.2 Å². The second kappa shape index (κ2) is 5.74. The highest BCUT2D eigenvalue weighted by atomic mass is 14.9. The monoisotopic (exact) mass is 241 g/mol. The van der Waals surface area contributed by atoms with Crippen LogP contribution < -0.4 is 5.73 Å². The summed E-state index contributed by atoms with van der Waals surface area (Å²) in [6, 6.07) is 10.3. The standard InChI is InChI=1S/C15H19N3/c1-11-4-3-5-13(10-11)14-7-9-17-15(18-14)12(2)6-8-16/h3-5,7,9-10,12H,6,8,16H2,1-2H3. The molecule has 0 spiro atoms. The minimum Gasteiger partial charge on any atom is -0.330 e. The SMILES string of the molecule is Cc1cccc(-c2ccnc(C(C)CCN)n2)c1. The third-order valence-electron chi connectivity index (χ3n) is 3.03. The molecule has 1 atom stereocenters. The fraction of sp³-hybridized carbons (Fsp3) is 0.333. The molecule has 94 valence electrons. The highest BCUT2D eigenvalue weighted by Crippen LogP contribution is 2.20. The van der Waals surface area contributed by atoms with Crippen LogP contribution in [0.15, 0.2) is 36.5 Å². The molecule has 1 aromatic carbocycles. The fourth-order valence-electron chi connectivity index (χ4n) is 1.96. The topological polar surface area (TPSA) is 51.8 Å². The maximum atomic E-state index is 5.58. The van der Waals surface area contributed by atoms with Crippen molar-refractivity contribution in [1.29, 1.82) is 0 Å². The van der Waals surface area contributed by atoms with E-state index in [1.54, 1.807) is 0 Å². The molecule has 0 bridgehead atoms. The van der Waals surface area contributed by atoms with Gasteiger partial charge in [-0.05, 0) is 32.0 Å². The predicted octanol–water partition coefficient (Wildman–Crippen LogP) is 2.90. The van der Waals surface area contributed by atoms with Crippen LogP contribution >= 0.6 is 0 Å².